The van der Waals surface area contributed by atoms with Gasteiger partial charge in [-0.2, -0.15) is 0 Å². The molecule has 0 unspecified atom stereocenters. The van der Waals surface area contributed by atoms with Gasteiger partial charge in [0.15, 0.2) is 0 Å². The van der Waals surface area contributed by atoms with Gasteiger partial charge in [0.05, 0.1) is 17.5 Å². The van der Waals surface area contributed by atoms with Gasteiger partial charge in [-0.25, -0.2) is 9.78 Å². The summed E-state index contributed by atoms with van der Waals surface area (Å²) in [6.45, 7) is 1.82. The van der Waals surface area contributed by atoms with Gasteiger partial charge in [-0.05, 0) is 24.1 Å². The highest BCUT2D eigenvalue weighted by Gasteiger charge is 2.17. The number of rotatable bonds is 5. The Bertz CT molecular complexity index is 1160. The Morgan fingerprint density at radius 3 is 2.68 bits per heavy atom. The molecule has 0 aliphatic carbocycles. The molecule has 3 rings (SSSR count). The van der Waals surface area contributed by atoms with Crippen molar-refractivity contribution in [2.24, 2.45) is 0 Å². The van der Waals surface area contributed by atoms with Crippen LogP contribution in [0.25, 0.3) is 11.0 Å². The van der Waals surface area contributed by atoms with Gasteiger partial charge in [-0.1, -0.05) is 25.1 Å². The summed E-state index contributed by atoms with van der Waals surface area (Å²) in [6, 6.07) is 8.78. The molecule has 2 amide bonds. The topological polar surface area (TPSA) is 128 Å². The van der Waals surface area contributed by atoms with Gasteiger partial charge in [-0.3, -0.25) is 24.4 Å². The summed E-state index contributed by atoms with van der Waals surface area (Å²) in [4.78, 5) is 57.7. The summed E-state index contributed by atoms with van der Waals surface area (Å²) in [7, 11) is 1.48. The molecule has 0 saturated carbocycles. The lowest BCUT2D eigenvalue weighted by Gasteiger charge is -2.17. The number of aryl methyl sites for hydroxylation is 1. The van der Waals surface area contributed by atoms with E-state index in [0.29, 0.717) is 5.69 Å². The van der Waals surface area contributed by atoms with Gasteiger partial charge >= 0.3 is 5.69 Å². The van der Waals surface area contributed by atoms with Crippen LogP contribution in [0.3, 0.4) is 0 Å². The van der Waals surface area contributed by atoms with Crippen molar-refractivity contribution in [3.63, 3.8) is 0 Å². The summed E-state index contributed by atoms with van der Waals surface area (Å²) >= 11 is 0. The molecule has 0 aliphatic heterocycles. The third-order valence-electron chi connectivity index (χ3n) is 4.24. The Morgan fingerprint density at radius 1 is 1.18 bits per heavy atom. The number of pyridine rings is 1. The van der Waals surface area contributed by atoms with Crippen LogP contribution >= 0.6 is 0 Å². The molecular formula is C19H19N5O4. The van der Waals surface area contributed by atoms with Crippen molar-refractivity contribution in [1.82, 2.24) is 19.9 Å². The van der Waals surface area contributed by atoms with Crippen molar-refractivity contribution in [1.29, 1.82) is 0 Å². The first-order valence-corrected chi connectivity index (χ1v) is 8.64. The molecule has 0 atom stereocenters. The summed E-state index contributed by atoms with van der Waals surface area (Å²) in [6.07, 6.45) is 2.02. The van der Waals surface area contributed by atoms with Crippen LogP contribution in [0.2, 0.25) is 0 Å². The van der Waals surface area contributed by atoms with Crippen LogP contribution in [0, 0.1) is 0 Å². The number of nitrogens with zero attached hydrogens (tertiary/aromatic N) is 2. The predicted octanol–water partition coefficient (Wildman–Crippen LogP) is 0.884. The lowest BCUT2D eigenvalue weighted by Crippen LogP contribution is -2.35. The summed E-state index contributed by atoms with van der Waals surface area (Å²) in [5.74, 6) is -0.813. The number of anilines is 1. The monoisotopic (exact) mass is 381 g/mol. The molecule has 144 valence electrons. The number of aromatic nitrogens is 3. The van der Waals surface area contributed by atoms with E-state index in [1.165, 1.54) is 24.2 Å². The Labute approximate surface area is 159 Å². The lowest BCUT2D eigenvalue weighted by molar-refractivity contribution is -0.116. The zero-order valence-electron chi connectivity index (χ0n) is 15.4. The van der Waals surface area contributed by atoms with Crippen molar-refractivity contribution in [2.75, 3.05) is 18.9 Å². The van der Waals surface area contributed by atoms with E-state index in [2.05, 4.69) is 20.3 Å². The average molecular weight is 381 g/mol. The van der Waals surface area contributed by atoms with Gasteiger partial charge in [0.2, 0.25) is 5.91 Å². The molecule has 0 radical (unpaired) electrons. The normalized spacial score (nSPS) is 10.6. The fraction of sp³-hybridized carbons (Fsp3) is 0.211. The van der Waals surface area contributed by atoms with E-state index in [0.717, 1.165) is 12.0 Å². The quantitative estimate of drug-likeness (QED) is 0.604. The maximum Gasteiger partial charge on any atom is 0.327 e. The first kappa shape index (κ1) is 19.0. The molecule has 2 heterocycles. The van der Waals surface area contributed by atoms with Crippen molar-refractivity contribution in [3.05, 3.63) is 68.5 Å². The molecule has 9 heteroatoms. The van der Waals surface area contributed by atoms with Gasteiger partial charge in [-0.15, -0.1) is 0 Å². The second-order valence-electron chi connectivity index (χ2n) is 6.25. The van der Waals surface area contributed by atoms with Crippen molar-refractivity contribution >= 4 is 28.5 Å². The fourth-order valence-corrected chi connectivity index (χ4v) is 2.81. The highest BCUT2D eigenvalue weighted by molar-refractivity contribution is 6.00. The number of fused-ring (bicyclic) bond motifs is 1. The number of carbonyl (C=O) groups is 2. The summed E-state index contributed by atoms with van der Waals surface area (Å²) in [5.41, 5.74) is 0.606. The van der Waals surface area contributed by atoms with Crippen LogP contribution in [0.5, 0.6) is 0 Å². The maximum absolute atomic E-state index is 12.6. The Balaban J connectivity index is 1.75. The van der Waals surface area contributed by atoms with Gasteiger partial charge in [0, 0.05) is 18.9 Å². The molecule has 3 aromatic rings. The van der Waals surface area contributed by atoms with E-state index in [1.54, 1.807) is 6.07 Å². The minimum atomic E-state index is -0.676. The third kappa shape index (κ3) is 3.98. The molecule has 2 aromatic heterocycles. The van der Waals surface area contributed by atoms with Gasteiger partial charge < -0.3 is 10.2 Å². The molecule has 0 aliphatic rings. The second-order valence-corrected chi connectivity index (χ2v) is 6.25. The minimum Gasteiger partial charge on any atom is -0.332 e. The molecule has 0 fully saturated rings. The van der Waals surface area contributed by atoms with Gasteiger partial charge in [0.1, 0.15) is 5.65 Å². The van der Waals surface area contributed by atoms with Crippen LogP contribution < -0.4 is 16.6 Å². The fourth-order valence-electron chi connectivity index (χ4n) is 2.81. The Morgan fingerprint density at radius 2 is 1.93 bits per heavy atom. The number of benzene rings is 1. The van der Waals surface area contributed by atoms with E-state index in [4.69, 9.17) is 0 Å². The number of H-pyrrole nitrogens is 2. The largest absolute Gasteiger partial charge is 0.332 e. The first-order valence-electron chi connectivity index (χ1n) is 8.64. The molecule has 1 aromatic carbocycles. The predicted molar refractivity (Wildman–Crippen MR) is 104 cm³/mol. The summed E-state index contributed by atoms with van der Waals surface area (Å²) < 4.78 is 0. The highest BCUT2D eigenvalue weighted by Crippen LogP contribution is 2.15. The zero-order valence-corrected chi connectivity index (χ0v) is 15.4. The van der Waals surface area contributed by atoms with E-state index < -0.39 is 17.2 Å². The number of hydrogen-bond donors (Lipinski definition) is 3. The summed E-state index contributed by atoms with van der Waals surface area (Å²) in [5, 5.41) is 2.88. The molecule has 3 N–H and O–H groups in total. The minimum absolute atomic E-state index is 0.0835. The number of amides is 2. The van der Waals surface area contributed by atoms with E-state index in [9.17, 15) is 19.2 Å². The maximum atomic E-state index is 12.6. The van der Waals surface area contributed by atoms with Crippen molar-refractivity contribution in [3.8, 4) is 0 Å². The van der Waals surface area contributed by atoms with Crippen LogP contribution in [-0.2, 0) is 11.2 Å². The molecule has 9 nitrogen and oxygen atoms in total. The Hall–Kier alpha value is -3.75. The lowest BCUT2D eigenvalue weighted by atomic mass is 10.1. The van der Waals surface area contributed by atoms with Crippen LogP contribution in [-0.4, -0.2) is 45.3 Å². The molecule has 28 heavy (non-hydrogen) atoms. The highest BCUT2D eigenvalue weighted by atomic mass is 16.2. The average Bonchev–Trinajstić information content (AvgIpc) is 2.67. The Kier molecular flexibility index (Phi) is 5.35. The van der Waals surface area contributed by atoms with Crippen LogP contribution in [0.1, 0.15) is 22.8 Å². The van der Waals surface area contributed by atoms with Crippen molar-refractivity contribution in [2.45, 2.75) is 13.3 Å². The molecule has 0 spiro atoms. The first-order chi connectivity index (χ1) is 13.4. The van der Waals surface area contributed by atoms with E-state index in [-0.39, 0.29) is 29.0 Å². The number of hydrogen-bond acceptors (Lipinski definition) is 5. The SMILES string of the molecule is CCc1ccccc1NC(=O)CN(C)C(=O)c1cnc2[nH]c(=O)[nH]c(=O)c2c1. The number of para-hydroxylation sites is 1. The zero-order chi connectivity index (χ0) is 20.3. The number of nitrogens with one attached hydrogen (secondary N) is 3. The number of carbonyl (C=O) groups excluding carboxylic acids is 2. The third-order valence-corrected chi connectivity index (χ3v) is 4.24. The van der Waals surface area contributed by atoms with Gasteiger partial charge in [0.25, 0.3) is 11.5 Å². The van der Waals surface area contributed by atoms with Crippen LogP contribution in [0.4, 0.5) is 5.69 Å². The molecule has 0 saturated heterocycles. The second kappa shape index (κ2) is 7.87. The standard InChI is InChI=1S/C19H19N5O4/c1-3-11-6-4-5-7-14(11)21-15(25)10-24(2)18(27)12-8-13-16(20-9-12)22-19(28)23-17(13)26/h4-9H,3,10H2,1-2H3,(H,21,25)(H2,20,22,23,26,28). The smallest absolute Gasteiger partial charge is 0.327 e. The number of aromatic amines is 2. The molecule has 0 bridgehead atoms. The van der Waals surface area contributed by atoms with Crippen molar-refractivity contribution < 1.29 is 9.59 Å². The van der Waals surface area contributed by atoms with E-state index in [1.807, 2.05) is 25.1 Å². The van der Waals surface area contributed by atoms with Crippen LogP contribution in [0.15, 0.2) is 46.1 Å². The van der Waals surface area contributed by atoms with E-state index >= 15 is 0 Å². The number of likely N-dealkylation sites (N-methyl/N-ethyl adjacent to an activating group) is 1. The molecular weight excluding hydrogens is 362 g/mol.